The van der Waals surface area contributed by atoms with Crippen molar-refractivity contribution in [3.05, 3.63) is 35.4 Å². The Morgan fingerprint density at radius 3 is 2.70 bits per heavy atom. The van der Waals surface area contributed by atoms with Crippen molar-refractivity contribution in [1.82, 2.24) is 4.90 Å². The number of rotatable bonds is 4. The van der Waals surface area contributed by atoms with Gasteiger partial charge in [-0.2, -0.15) is 0 Å². The lowest BCUT2D eigenvalue weighted by Crippen LogP contribution is -2.38. The lowest BCUT2D eigenvalue weighted by atomic mass is 10.1. The summed E-state index contributed by atoms with van der Waals surface area (Å²) in [5.41, 5.74) is 1.38. The summed E-state index contributed by atoms with van der Waals surface area (Å²) in [7, 11) is 0.247. The van der Waals surface area contributed by atoms with Gasteiger partial charge in [0.15, 0.2) is 9.84 Å². The van der Waals surface area contributed by atoms with Gasteiger partial charge in [-0.15, -0.1) is 0 Å². The van der Waals surface area contributed by atoms with Crippen LogP contribution < -0.4 is 0 Å². The molecular formula is C14H19NO4S. The number of hydrogen-bond acceptors (Lipinski definition) is 4. The van der Waals surface area contributed by atoms with E-state index in [2.05, 4.69) is 0 Å². The summed E-state index contributed by atoms with van der Waals surface area (Å²) < 4.78 is 28.1. The van der Waals surface area contributed by atoms with Gasteiger partial charge in [0, 0.05) is 25.8 Å². The minimum absolute atomic E-state index is 0.0572. The first-order chi connectivity index (χ1) is 9.44. The lowest BCUT2D eigenvalue weighted by molar-refractivity contribution is 0.0743. The minimum Gasteiger partial charge on any atom is -0.380 e. The molecule has 0 bridgehead atoms. The zero-order valence-corrected chi connectivity index (χ0v) is 12.5. The van der Waals surface area contributed by atoms with Gasteiger partial charge >= 0.3 is 0 Å². The van der Waals surface area contributed by atoms with Crippen LogP contribution in [0.15, 0.2) is 24.3 Å². The van der Waals surface area contributed by atoms with Crippen LogP contribution in [-0.4, -0.2) is 50.9 Å². The quantitative estimate of drug-likeness (QED) is 0.834. The van der Waals surface area contributed by atoms with E-state index in [4.69, 9.17) is 4.74 Å². The maximum atomic E-state index is 12.5. The third-order valence-corrected chi connectivity index (χ3v) is 5.37. The molecule has 0 saturated carbocycles. The molecule has 0 radical (unpaired) electrons. The Labute approximate surface area is 119 Å². The van der Waals surface area contributed by atoms with E-state index in [0.717, 1.165) is 5.56 Å². The van der Waals surface area contributed by atoms with E-state index in [1.807, 2.05) is 12.1 Å². The van der Waals surface area contributed by atoms with Crippen LogP contribution in [0.2, 0.25) is 0 Å². The van der Waals surface area contributed by atoms with E-state index < -0.39 is 9.84 Å². The van der Waals surface area contributed by atoms with Crippen LogP contribution in [0.4, 0.5) is 0 Å². The van der Waals surface area contributed by atoms with Crippen molar-refractivity contribution in [2.45, 2.75) is 19.1 Å². The summed E-state index contributed by atoms with van der Waals surface area (Å²) in [5, 5.41) is 0. The average molecular weight is 297 g/mol. The van der Waals surface area contributed by atoms with Gasteiger partial charge < -0.3 is 9.64 Å². The number of hydrogen-bond donors (Lipinski definition) is 0. The number of sulfone groups is 1. The van der Waals surface area contributed by atoms with E-state index in [-0.39, 0.29) is 23.5 Å². The summed E-state index contributed by atoms with van der Waals surface area (Å²) in [6.07, 6.45) is 0.511. The van der Waals surface area contributed by atoms with Crippen LogP contribution in [0, 0.1) is 0 Å². The number of methoxy groups -OCH3 is 1. The second-order valence-electron chi connectivity index (χ2n) is 5.06. The highest BCUT2D eigenvalue weighted by Crippen LogP contribution is 2.20. The summed E-state index contributed by atoms with van der Waals surface area (Å²) in [4.78, 5) is 14.1. The maximum absolute atomic E-state index is 12.5. The molecule has 1 saturated heterocycles. The van der Waals surface area contributed by atoms with Crippen LogP contribution in [0.5, 0.6) is 0 Å². The SMILES string of the molecule is COCc1ccccc1C(=O)N(C)[C@@H]1CCS(=O)(=O)C1. The van der Waals surface area contributed by atoms with Gasteiger partial charge in [-0.1, -0.05) is 18.2 Å². The number of carbonyl (C=O) groups is 1. The van der Waals surface area contributed by atoms with Crippen molar-refractivity contribution < 1.29 is 17.9 Å². The fraction of sp³-hybridized carbons (Fsp3) is 0.500. The van der Waals surface area contributed by atoms with Crippen LogP contribution in [0.3, 0.4) is 0 Å². The number of benzene rings is 1. The molecule has 2 rings (SSSR count). The normalized spacial score (nSPS) is 20.8. The van der Waals surface area contributed by atoms with E-state index >= 15 is 0 Å². The highest BCUT2D eigenvalue weighted by Gasteiger charge is 2.33. The molecule has 1 aliphatic rings. The van der Waals surface area contributed by atoms with E-state index in [0.29, 0.717) is 18.6 Å². The monoisotopic (exact) mass is 297 g/mol. The topological polar surface area (TPSA) is 63.7 Å². The molecule has 0 aromatic heterocycles. The highest BCUT2D eigenvalue weighted by molar-refractivity contribution is 7.91. The Balaban J connectivity index is 2.19. The predicted octanol–water partition coefficient (Wildman–Crippen LogP) is 1.09. The smallest absolute Gasteiger partial charge is 0.254 e. The van der Waals surface area contributed by atoms with Crippen molar-refractivity contribution in [3.63, 3.8) is 0 Å². The summed E-state index contributed by atoms with van der Waals surface area (Å²) >= 11 is 0. The van der Waals surface area contributed by atoms with Crippen molar-refractivity contribution in [2.24, 2.45) is 0 Å². The summed E-state index contributed by atoms with van der Waals surface area (Å²) in [6, 6.07) is 7.01. The zero-order chi connectivity index (χ0) is 14.8. The molecule has 6 heteroatoms. The van der Waals surface area contributed by atoms with Gasteiger partial charge in [0.1, 0.15) is 0 Å². The molecular weight excluding hydrogens is 278 g/mol. The molecule has 20 heavy (non-hydrogen) atoms. The molecule has 1 atom stereocenters. The van der Waals surface area contributed by atoms with Gasteiger partial charge in [0.2, 0.25) is 0 Å². The number of ether oxygens (including phenoxy) is 1. The van der Waals surface area contributed by atoms with Crippen molar-refractivity contribution in [2.75, 3.05) is 25.7 Å². The standard InChI is InChI=1S/C14H19NO4S/c1-15(12-7-8-20(17,18)10-12)14(16)13-6-4-3-5-11(13)9-19-2/h3-6,12H,7-10H2,1-2H3/t12-/m1/s1. The van der Waals surface area contributed by atoms with Crippen molar-refractivity contribution >= 4 is 15.7 Å². The molecule has 0 N–H and O–H groups in total. The Morgan fingerprint density at radius 1 is 1.40 bits per heavy atom. The van der Waals surface area contributed by atoms with Crippen LogP contribution >= 0.6 is 0 Å². The molecule has 1 aromatic rings. The van der Waals surface area contributed by atoms with Crippen LogP contribution in [0.1, 0.15) is 22.3 Å². The maximum Gasteiger partial charge on any atom is 0.254 e. The first-order valence-electron chi connectivity index (χ1n) is 6.49. The Morgan fingerprint density at radius 2 is 2.10 bits per heavy atom. The molecule has 5 nitrogen and oxygen atoms in total. The lowest BCUT2D eigenvalue weighted by Gasteiger charge is -2.24. The second-order valence-corrected chi connectivity index (χ2v) is 7.29. The van der Waals surface area contributed by atoms with Crippen LogP contribution in [-0.2, 0) is 21.2 Å². The van der Waals surface area contributed by atoms with Gasteiger partial charge in [0.05, 0.1) is 18.1 Å². The average Bonchev–Trinajstić information content (AvgIpc) is 2.78. The number of amides is 1. The predicted molar refractivity (Wildman–Crippen MR) is 76.3 cm³/mol. The molecule has 1 amide bonds. The molecule has 0 unspecified atom stereocenters. The third-order valence-electron chi connectivity index (χ3n) is 3.62. The van der Waals surface area contributed by atoms with Gasteiger partial charge in [-0.3, -0.25) is 4.79 Å². The van der Waals surface area contributed by atoms with Crippen molar-refractivity contribution in [1.29, 1.82) is 0 Å². The summed E-state index contributed by atoms with van der Waals surface area (Å²) in [5.74, 6) is 0.0659. The first-order valence-corrected chi connectivity index (χ1v) is 8.31. The van der Waals surface area contributed by atoms with Gasteiger partial charge in [-0.05, 0) is 18.1 Å². The Hall–Kier alpha value is -1.40. The molecule has 0 spiro atoms. The van der Waals surface area contributed by atoms with E-state index in [1.54, 1.807) is 31.2 Å². The van der Waals surface area contributed by atoms with E-state index in [1.165, 1.54) is 0 Å². The molecule has 0 aliphatic carbocycles. The van der Waals surface area contributed by atoms with Gasteiger partial charge in [0.25, 0.3) is 5.91 Å². The summed E-state index contributed by atoms with van der Waals surface area (Å²) in [6.45, 7) is 0.360. The van der Waals surface area contributed by atoms with Gasteiger partial charge in [-0.25, -0.2) is 8.42 Å². The zero-order valence-electron chi connectivity index (χ0n) is 11.7. The molecule has 1 fully saturated rings. The second kappa shape index (κ2) is 5.93. The molecule has 110 valence electrons. The third kappa shape index (κ3) is 3.19. The highest BCUT2D eigenvalue weighted by atomic mass is 32.2. The Bertz CT molecular complexity index is 597. The molecule has 1 heterocycles. The fourth-order valence-electron chi connectivity index (χ4n) is 2.45. The van der Waals surface area contributed by atoms with Crippen LogP contribution in [0.25, 0.3) is 0 Å². The first kappa shape index (κ1) is 15.0. The molecule has 1 aromatic carbocycles. The fourth-order valence-corrected chi connectivity index (χ4v) is 4.22. The molecule has 1 aliphatic heterocycles. The number of carbonyl (C=O) groups excluding carboxylic acids is 1. The Kier molecular flexibility index (Phi) is 4.45. The number of nitrogens with zero attached hydrogens (tertiary/aromatic N) is 1. The largest absolute Gasteiger partial charge is 0.380 e. The van der Waals surface area contributed by atoms with E-state index in [9.17, 15) is 13.2 Å². The minimum atomic E-state index is -3.00. The van der Waals surface area contributed by atoms with Crippen molar-refractivity contribution in [3.8, 4) is 0 Å².